The lowest BCUT2D eigenvalue weighted by Crippen LogP contribution is -2.21. The molecule has 0 fully saturated rings. The molecule has 2 amide bonds. The SMILES string of the molecule is Cc1cc(Cl)cc(C(N)=O)c1NC(=O)c1cc(Cn2nnc(-c3ccncn3)n2)nn1-c1ncccc1Cl. The molecular formula is C23H17Cl2N11O2. The fraction of sp³-hybridized carbons (Fsp3) is 0.0870. The Balaban J connectivity index is 1.51. The number of aryl methyl sites for hydroxylation is 1. The van der Waals surface area contributed by atoms with Crippen molar-refractivity contribution in [1.82, 2.24) is 44.9 Å². The number of hydrogen-bond acceptors (Lipinski definition) is 9. The number of primary amides is 1. The van der Waals surface area contributed by atoms with E-state index in [1.54, 1.807) is 37.4 Å². The molecule has 38 heavy (non-hydrogen) atoms. The molecule has 0 bridgehead atoms. The monoisotopic (exact) mass is 549 g/mol. The first-order valence-electron chi connectivity index (χ1n) is 11.0. The fourth-order valence-electron chi connectivity index (χ4n) is 3.63. The van der Waals surface area contributed by atoms with E-state index in [0.717, 1.165) is 0 Å². The first-order chi connectivity index (χ1) is 18.3. The van der Waals surface area contributed by atoms with Crippen molar-refractivity contribution in [1.29, 1.82) is 0 Å². The number of nitrogens with one attached hydrogen (secondary N) is 1. The summed E-state index contributed by atoms with van der Waals surface area (Å²) < 4.78 is 1.30. The average Bonchev–Trinajstić information content (AvgIpc) is 3.54. The zero-order chi connectivity index (χ0) is 26.8. The van der Waals surface area contributed by atoms with Crippen molar-refractivity contribution >= 4 is 40.7 Å². The Bertz CT molecular complexity index is 1670. The van der Waals surface area contributed by atoms with E-state index in [4.69, 9.17) is 28.9 Å². The summed E-state index contributed by atoms with van der Waals surface area (Å²) in [7, 11) is 0. The predicted octanol–water partition coefficient (Wildman–Crippen LogP) is 2.73. The van der Waals surface area contributed by atoms with E-state index in [1.165, 1.54) is 34.1 Å². The average molecular weight is 550 g/mol. The lowest BCUT2D eigenvalue weighted by Gasteiger charge is -2.13. The number of halogens is 2. The van der Waals surface area contributed by atoms with Crippen LogP contribution < -0.4 is 11.1 Å². The molecule has 5 aromatic rings. The summed E-state index contributed by atoms with van der Waals surface area (Å²) in [5.41, 5.74) is 7.35. The number of benzene rings is 1. The number of rotatable bonds is 7. The van der Waals surface area contributed by atoms with E-state index in [-0.39, 0.29) is 34.3 Å². The third kappa shape index (κ3) is 5.05. The minimum atomic E-state index is -0.746. The van der Waals surface area contributed by atoms with Crippen LogP contribution >= 0.6 is 23.2 Å². The number of aromatic nitrogens is 9. The molecular weight excluding hydrogens is 533 g/mol. The second-order valence-electron chi connectivity index (χ2n) is 7.94. The van der Waals surface area contributed by atoms with Gasteiger partial charge in [-0.05, 0) is 54.1 Å². The van der Waals surface area contributed by atoms with Crippen LogP contribution in [-0.4, -0.2) is 56.8 Å². The highest BCUT2D eigenvalue weighted by atomic mass is 35.5. The third-order valence-corrected chi connectivity index (χ3v) is 5.82. The molecule has 0 radical (unpaired) electrons. The zero-order valence-electron chi connectivity index (χ0n) is 19.6. The Morgan fingerprint density at radius 2 is 1.92 bits per heavy atom. The predicted molar refractivity (Wildman–Crippen MR) is 137 cm³/mol. The summed E-state index contributed by atoms with van der Waals surface area (Å²) in [6.07, 6.45) is 4.47. The number of tetrazole rings is 1. The Morgan fingerprint density at radius 3 is 2.66 bits per heavy atom. The van der Waals surface area contributed by atoms with Gasteiger partial charge in [-0.15, -0.1) is 10.2 Å². The normalized spacial score (nSPS) is 10.9. The number of hydrogen-bond donors (Lipinski definition) is 2. The lowest BCUT2D eigenvalue weighted by atomic mass is 10.1. The molecule has 0 aliphatic rings. The number of anilines is 1. The van der Waals surface area contributed by atoms with Crippen molar-refractivity contribution in [2.24, 2.45) is 5.73 Å². The van der Waals surface area contributed by atoms with E-state index in [9.17, 15) is 9.59 Å². The minimum Gasteiger partial charge on any atom is -0.366 e. The second kappa shape index (κ2) is 10.3. The summed E-state index contributed by atoms with van der Waals surface area (Å²) in [5, 5.41) is 20.2. The molecule has 0 saturated carbocycles. The molecule has 15 heteroatoms. The Hall–Kier alpha value is -4.75. The van der Waals surface area contributed by atoms with Crippen LogP contribution in [0.15, 0.2) is 55.1 Å². The number of carbonyl (C=O) groups is 2. The number of amides is 2. The summed E-state index contributed by atoms with van der Waals surface area (Å²) in [4.78, 5) is 39.1. The van der Waals surface area contributed by atoms with Gasteiger partial charge in [0.2, 0.25) is 5.82 Å². The van der Waals surface area contributed by atoms with Crippen LogP contribution in [0.25, 0.3) is 17.3 Å². The van der Waals surface area contributed by atoms with Crippen molar-refractivity contribution in [2.75, 3.05) is 5.32 Å². The van der Waals surface area contributed by atoms with Crippen LogP contribution in [0.5, 0.6) is 0 Å². The van der Waals surface area contributed by atoms with E-state index >= 15 is 0 Å². The van der Waals surface area contributed by atoms with Gasteiger partial charge in [0.15, 0.2) is 5.82 Å². The van der Waals surface area contributed by atoms with Crippen LogP contribution in [0.4, 0.5) is 5.69 Å². The Labute approximate surface area is 224 Å². The first kappa shape index (κ1) is 24.9. The minimum absolute atomic E-state index is 0.0644. The quantitative estimate of drug-likeness (QED) is 0.309. The van der Waals surface area contributed by atoms with Crippen molar-refractivity contribution in [3.63, 3.8) is 0 Å². The highest BCUT2D eigenvalue weighted by molar-refractivity contribution is 6.32. The van der Waals surface area contributed by atoms with Gasteiger partial charge in [-0.25, -0.2) is 19.6 Å². The number of nitrogens with two attached hydrogens (primary N) is 1. The standard InChI is InChI=1S/C23H17Cl2N11O2/c1-12-7-13(24)8-15(20(26)37)19(12)30-23(38)18-9-14(32-36(18)22-16(25)3-2-5-28-22)10-35-33-21(31-34-35)17-4-6-27-11-29-17/h2-9,11H,10H2,1H3,(H2,26,37)(H,30,38). The molecule has 13 nitrogen and oxygen atoms in total. The largest absolute Gasteiger partial charge is 0.366 e. The van der Waals surface area contributed by atoms with Crippen LogP contribution in [0.1, 0.15) is 32.1 Å². The van der Waals surface area contributed by atoms with E-state index in [1.807, 2.05) is 0 Å². The molecule has 0 aliphatic heterocycles. The molecule has 5 rings (SSSR count). The van der Waals surface area contributed by atoms with Gasteiger partial charge in [0.05, 0.1) is 22.0 Å². The van der Waals surface area contributed by atoms with Gasteiger partial charge in [0.25, 0.3) is 11.8 Å². The van der Waals surface area contributed by atoms with Crippen molar-refractivity contribution in [3.05, 3.63) is 87.7 Å². The van der Waals surface area contributed by atoms with Gasteiger partial charge in [-0.2, -0.15) is 9.90 Å². The van der Waals surface area contributed by atoms with Gasteiger partial charge >= 0.3 is 0 Å². The topological polar surface area (TPSA) is 172 Å². The smallest absolute Gasteiger partial charge is 0.274 e. The summed E-state index contributed by atoms with van der Waals surface area (Å²) in [6, 6.07) is 9.45. The zero-order valence-corrected chi connectivity index (χ0v) is 21.1. The molecule has 3 N–H and O–H groups in total. The first-order valence-corrected chi connectivity index (χ1v) is 11.7. The van der Waals surface area contributed by atoms with E-state index < -0.39 is 11.8 Å². The van der Waals surface area contributed by atoms with Gasteiger partial charge in [0, 0.05) is 17.4 Å². The molecule has 4 heterocycles. The Morgan fingerprint density at radius 1 is 1.08 bits per heavy atom. The van der Waals surface area contributed by atoms with Gasteiger partial charge in [-0.1, -0.05) is 23.2 Å². The molecule has 0 saturated heterocycles. The summed E-state index contributed by atoms with van der Waals surface area (Å²) in [6.45, 7) is 1.76. The molecule has 190 valence electrons. The molecule has 4 aromatic heterocycles. The maximum atomic E-state index is 13.5. The van der Waals surface area contributed by atoms with E-state index in [2.05, 4.69) is 40.8 Å². The number of carbonyl (C=O) groups excluding carboxylic acids is 2. The van der Waals surface area contributed by atoms with Crippen molar-refractivity contribution < 1.29 is 9.59 Å². The molecule has 0 unspecified atom stereocenters. The van der Waals surface area contributed by atoms with Gasteiger partial charge in [0.1, 0.15) is 24.3 Å². The van der Waals surface area contributed by atoms with Crippen molar-refractivity contribution in [3.8, 4) is 17.3 Å². The van der Waals surface area contributed by atoms with Crippen LogP contribution in [0, 0.1) is 6.92 Å². The molecule has 1 aromatic carbocycles. The summed E-state index contributed by atoms with van der Waals surface area (Å²) in [5.74, 6) is -0.812. The van der Waals surface area contributed by atoms with Crippen LogP contribution in [-0.2, 0) is 6.54 Å². The van der Waals surface area contributed by atoms with Crippen molar-refractivity contribution in [2.45, 2.75) is 13.5 Å². The van der Waals surface area contributed by atoms with E-state index in [0.29, 0.717) is 27.8 Å². The van der Waals surface area contributed by atoms with Gasteiger partial charge in [-0.3, -0.25) is 9.59 Å². The molecule has 0 aliphatic carbocycles. The maximum Gasteiger partial charge on any atom is 0.274 e. The molecule has 0 spiro atoms. The number of pyridine rings is 1. The van der Waals surface area contributed by atoms with Crippen LogP contribution in [0.2, 0.25) is 10.0 Å². The number of nitrogens with zero attached hydrogens (tertiary/aromatic N) is 9. The molecule has 0 atom stereocenters. The lowest BCUT2D eigenvalue weighted by molar-refractivity contribution is 0.100. The second-order valence-corrected chi connectivity index (χ2v) is 8.79. The Kier molecular flexibility index (Phi) is 6.77. The fourth-order valence-corrected chi connectivity index (χ4v) is 4.10. The highest BCUT2D eigenvalue weighted by Gasteiger charge is 2.23. The van der Waals surface area contributed by atoms with Gasteiger partial charge < -0.3 is 11.1 Å². The highest BCUT2D eigenvalue weighted by Crippen LogP contribution is 2.27. The van der Waals surface area contributed by atoms with Crippen LogP contribution in [0.3, 0.4) is 0 Å². The summed E-state index contributed by atoms with van der Waals surface area (Å²) >= 11 is 12.4. The maximum absolute atomic E-state index is 13.5. The third-order valence-electron chi connectivity index (χ3n) is 5.30.